The van der Waals surface area contributed by atoms with E-state index in [0.717, 1.165) is 28.7 Å². The first kappa shape index (κ1) is 20.3. The fraction of sp³-hybridized carbons (Fsp3) is 0.280. The third kappa shape index (κ3) is 3.35. The van der Waals surface area contributed by atoms with Crippen LogP contribution in [0.3, 0.4) is 0 Å². The lowest BCUT2D eigenvalue weighted by atomic mass is 10.1. The molecular weight excluding hydrogens is 402 g/mol. The lowest BCUT2D eigenvalue weighted by Gasteiger charge is -2.10. The van der Waals surface area contributed by atoms with Crippen LogP contribution in [0.25, 0.3) is 38.9 Å². The Morgan fingerprint density at radius 3 is 2.50 bits per heavy atom. The van der Waals surface area contributed by atoms with E-state index in [2.05, 4.69) is 26.0 Å². The molecule has 5 aromatic rings. The van der Waals surface area contributed by atoms with Crippen LogP contribution < -0.4 is 5.56 Å². The molecule has 0 atom stereocenters. The number of nitrogens with zero attached hydrogens (tertiary/aromatic N) is 5. The van der Waals surface area contributed by atoms with Gasteiger partial charge in [-0.25, -0.2) is 15.0 Å². The average molecular weight is 428 g/mol. The van der Waals surface area contributed by atoms with Crippen LogP contribution in [0.5, 0.6) is 0 Å². The third-order valence-electron chi connectivity index (χ3n) is 5.87. The van der Waals surface area contributed by atoms with Crippen molar-refractivity contribution in [2.24, 2.45) is 0 Å². The number of rotatable bonds is 6. The lowest BCUT2D eigenvalue weighted by molar-refractivity contribution is 0.141. The number of fused-ring (bicyclic) bond motifs is 4. The van der Waals surface area contributed by atoms with Crippen molar-refractivity contribution in [3.05, 3.63) is 70.3 Å². The maximum atomic E-state index is 13.5. The van der Waals surface area contributed by atoms with Crippen molar-refractivity contribution in [1.29, 1.82) is 0 Å². The smallest absolute Gasteiger partial charge is 0.265 e. The largest absolute Gasteiger partial charge is 0.382 e. The van der Waals surface area contributed by atoms with Gasteiger partial charge in [-0.15, -0.1) is 0 Å². The number of ether oxygens (including phenoxy) is 1. The second kappa shape index (κ2) is 8.16. The number of aryl methyl sites for hydroxylation is 3. The molecule has 0 aliphatic rings. The molecule has 0 bridgehead atoms. The van der Waals surface area contributed by atoms with E-state index in [-0.39, 0.29) is 5.56 Å². The summed E-state index contributed by atoms with van der Waals surface area (Å²) in [4.78, 5) is 27.9. The van der Waals surface area contributed by atoms with Crippen LogP contribution in [-0.4, -0.2) is 37.3 Å². The van der Waals surface area contributed by atoms with Crippen LogP contribution in [0.1, 0.15) is 24.5 Å². The second-order valence-electron chi connectivity index (χ2n) is 7.98. The van der Waals surface area contributed by atoms with Crippen LogP contribution >= 0.6 is 0 Å². The molecule has 3 heterocycles. The normalized spacial score (nSPS) is 11.7. The summed E-state index contributed by atoms with van der Waals surface area (Å²) >= 11 is 0. The molecule has 0 aliphatic heterocycles. The van der Waals surface area contributed by atoms with E-state index in [9.17, 15) is 4.79 Å². The molecule has 7 heteroatoms. The summed E-state index contributed by atoms with van der Waals surface area (Å²) < 4.78 is 9.01. The molecule has 0 spiro atoms. The van der Waals surface area contributed by atoms with Crippen LogP contribution in [-0.2, 0) is 11.3 Å². The Kier molecular flexibility index (Phi) is 5.19. The SMILES string of the molecule is CCOCCCn1cnc2c(c1=O)c1nc3ccccc3nc1n2-c1ccc(C)c(C)c1. The van der Waals surface area contributed by atoms with E-state index in [1.54, 1.807) is 10.9 Å². The summed E-state index contributed by atoms with van der Waals surface area (Å²) in [5.74, 6) is 0. The molecule has 0 fully saturated rings. The molecule has 0 unspecified atom stereocenters. The van der Waals surface area contributed by atoms with E-state index in [1.807, 2.05) is 41.8 Å². The number of hydrogen-bond donors (Lipinski definition) is 0. The van der Waals surface area contributed by atoms with Crippen molar-refractivity contribution >= 4 is 33.2 Å². The van der Waals surface area contributed by atoms with Crippen LogP contribution in [0.15, 0.2) is 53.6 Å². The minimum absolute atomic E-state index is 0.108. The molecule has 0 aliphatic carbocycles. The molecule has 0 saturated heterocycles. The van der Waals surface area contributed by atoms with E-state index < -0.39 is 0 Å². The van der Waals surface area contributed by atoms with Gasteiger partial charge < -0.3 is 4.74 Å². The molecule has 7 nitrogen and oxygen atoms in total. The first-order chi connectivity index (χ1) is 15.6. The fourth-order valence-electron chi connectivity index (χ4n) is 4.02. The molecule has 5 rings (SSSR count). The number of para-hydroxylation sites is 2. The van der Waals surface area contributed by atoms with Gasteiger partial charge in [-0.2, -0.15) is 0 Å². The Morgan fingerprint density at radius 2 is 1.75 bits per heavy atom. The highest BCUT2D eigenvalue weighted by Gasteiger charge is 2.21. The van der Waals surface area contributed by atoms with Crippen molar-refractivity contribution in [3.63, 3.8) is 0 Å². The lowest BCUT2D eigenvalue weighted by Crippen LogP contribution is -2.21. The number of hydrogen-bond acceptors (Lipinski definition) is 5. The zero-order valence-corrected chi connectivity index (χ0v) is 18.5. The summed E-state index contributed by atoms with van der Waals surface area (Å²) in [5.41, 5.74) is 6.50. The average Bonchev–Trinajstić information content (AvgIpc) is 3.12. The molecule has 0 amide bonds. The maximum Gasteiger partial charge on any atom is 0.265 e. The van der Waals surface area contributed by atoms with Gasteiger partial charge in [0.1, 0.15) is 10.9 Å². The standard InChI is InChI=1S/C25H25N5O2/c1-4-32-13-7-12-29-15-26-23-21(25(29)31)22-24(28-20-9-6-5-8-19(20)27-22)30(23)18-11-10-16(2)17(3)14-18/h5-6,8-11,14-15H,4,7,12-13H2,1-3H3. The molecule has 0 N–H and O–H groups in total. The van der Waals surface area contributed by atoms with E-state index in [1.165, 1.54) is 5.56 Å². The van der Waals surface area contributed by atoms with Gasteiger partial charge in [0.2, 0.25) is 0 Å². The van der Waals surface area contributed by atoms with Gasteiger partial charge >= 0.3 is 0 Å². The molecule has 0 saturated carbocycles. The predicted octanol–water partition coefficient (Wildman–Crippen LogP) is 4.33. The highest BCUT2D eigenvalue weighted by molar-refractivity contribution is 6.05. The van der Waals surface area contributed by atoms with Gasteiger partial charge in [-0.3, -0.25) is 13.9 Å². The predicted molar refractivity (Wildman–Crippen MR) is 127 cm³/mol. The monoisotopic (exact) mass is 427 g/mol. The van der Waals surface area contributed by atoms with E-state index in [4.69, 9.17) is 19.7 Å². The summed E-state index contributed by atoms with van der Waals surface area (Å²) in [6, 6.07) is 13.9. The topological polar surface area (TPSA) is 74.8 Å². The Morgan fingerprint density at radius 1 is 0.969 bits per heavy atom. The Balaban J connectivity index is 1.80. The quantitative estimate of drug-likeness (QED) is 0.377. The summed E-state index contributed by atoms with van der Waals surface area (Å²) in [6.45, 7) is 7.93. The highest BCUT2D eigenvalue weighted by Crippen LogP contribution is 2.29. The third-order valence-corrected chi connectivity index (χ3v) is 5.87. The Labute approximate surface area is 185 Å². The van der Waals surface area contributed by atoms with E-state index in [0.29, 0.717) is 42.0 Å². The second-order valence-corrected chi connectivity index (χ2v) is 7.98. The number of benzene rings is 2. The Bertz CT molecular complexity index is 1520. The van der Waals surface area contributed by atoms with Crippen molar-refractivity contribution in [2.45, 2.75) is 33.7 Å². The summed E-state index contributed by atoms with van der Waals surface area (Å²) in [7, 11) is 0. The fourth-order valence-corrected chi connectivity index (χ4v) is 4.02. The first-order valence-electron chi connectivity index (χ1n) is 10.9. The van der Waals surface area contributed by atoms with Gasteiger partial charge in [0, 0.05) is 25.4 Å². The molecule has 162 valence electrons. The zero-order valence-electron chi connectivity index (χ0n) is 18.5. The van der Waals surface area contributed by atoms with Crippen LogP contribution in [0.2, 0.25) is 0 Å². The molecule has 2 aromatic carbocycles. The molecular formula is C25H25N5O2. The van der Waals surface area contributed by atoms with E-state index >= 15 is 0 Å². The summed E-state index contributed by atoms with van der Waals surface area (Å²) in [5, 5.41) is 0.496. The summed E-state index contributed by atoms with van der Waals surface area (Å²) in [6.07, 6.45) is 2.36. The van der Waals surface area contributed by atoms with Crippen LogP contribution in [0, 0.1) is 13.8 Å². The number of aromatic nitrogens is 5. The molecule has 3 aromatic heterocycles. The van der Waals surface area contributed by atoms with Crippen molar-refractivity contribution in [1.82, 2.24) is 24.1 Å². The zero-order chi connectivity index (χ0) is 22.2. The van der Waals surface area contributed by atoms with Crippen molar-refractivity contribution in [2.75, 3.05) is 13.2 Å². The molecule has 32 heavy (non-hydrogen) atoms. The van der Waals surface area contributed by atoms with Gasteiger partial charge in [0.25, 0.3) is 5.56 Å². The van der Waals surface area contributed by atoms with Crippen molar-refractivity contribution in [3.8, 4) is 5.69 Å². The van der Waals surface area contributed by atoms with Crippen LogP contribution in [0.4, 0.5) is 0 Å². The van der Waals surface area contributed by atoms with Gasteiger partial charge in [0.15, 0.2) is 11.3 Å². The maximum absolute atomic E-state index is 13.5. The van der Waals surface area contributed by atoms with Gasteiger partial charge in [0.05, 0.1) is 17.4 Å². The van der Waals surface area contributed by atoms with Gasteiger partial charge in [-0.05, 0) is 62.6 Å². The van der Waals surface area contributed by atoms with Crippen molar-refractivity contribution < 1.29 is 4.74 Å². The molecule has 0 radical (unpaired) electrons. The minimum atomic E-state index is -0.108. The van der Waals surface area contributed by atoms with Gasteiger partial charge in [-0.1, -0.05) is 18.2 Å². The minimum Gasteiger partial charge on any atom is -0.382 e. The first-order valence-corrected chi connectivity index (χ1v) is 10.9. The highest BCUT2D eigenvalue weighted by atomic mass is 16.5. The Hall–Kier alpha value is -3.58.